The lowest BCUT2D eigenvalue weighted by atomic mass is 10.1. The Labute approximate surface area is 183 Å². The summed E-state index contributed by atoms with van der Waals surface area (Å²) >= 11 is 12.2. The van der Waals surface area contributed by atoms with Gasteiger partial charge in [0.1, 0.15) is 6.04 Å². The van der Waals surface area contributed by atoms with Crippen molar-refractivity contribution in [1.82, 2.24) is 10.2 Å². The maximum Gasteiger partial charge on any atom is 0.242 e. The van der Waals surface area contributed by atoms with Crippen molar-refractivity contribution in [2.45, 2.75) is 52.1 Å². The van der Waals surface area contributed by atoms with Crippen molar-refractivity contribution >= 4 is 35.0 Å². The first-order chi connectivity index (χ1) is 13.6. The molecule has 0 aromatic heterocycles. The zero-order valence-electron chi connectivity index (χ0n) is 17.3. The lowest BCUT2D eigenvalue weighted by Gasteiger charge is -2.31. The van der Waals surface area contributed by atoms with Crippen molar-refractivity contribution in [3.8, 4) is 0 Å². The summed E-state index contributed by atoms with van der Waals surface area (Å²) in [7, 11) is 0. The number of benzene rings is 2. The number of carbonyl (C=O) groups excluding carboxylic acids is 2. The number of amides is 2. The van der Waals surface area contributed by atoms with E-state index in [2.05, 4.69) is 5.32 Å². The molecule has 0 heterocycles. The molecule has 4 nitrogen and oxygen atoms in total. The highest BCUT2D eigenvalue weighted by Gasteiger charge is 2.28. The molecule has 0 aliphatic heterocycles. The van der Waals surface area contributed by atoms with E-state index in [1.165, 1.54) is 0 Å². The Hall–Kier alpha value is -2.04. The van der Waals surface area contributed by atoms with Crippen LogP contribution < -0.4 is 5.32 Å². The summed E-state index contributed by atoms with van der Waals surface area (Å²) < 4.78 is 0. The lowest BCUT2D eigenvalue weighted by Crippen LogP contribution is -2.53. The summed E-state index contributed by atoms with van der Waals surface area (Å²) in [5, 5.41) is 3.92. The maximum atomic E-state index is 13.1. The molecule has 0 unspecified atom stereocenters. The number of halogens is 2. The number of hydrogen-bond donors (Lipinski definition) is 1. The number of rotatable bonds is 7. The topological polar surface area (TPSA) is 49.4 Å². The van der Waals surface area contributed by atoms with E-state index in [0.717, 1.165) is 5.56 Å². The number of hydrogen-bond acceptors (Lipinski definition) is 2. The predicted octanol–water partition coefficient (Wildman–Crippen LogP) is 4.91. The van der Waals surface area contributed by atoms with Gasteiger partial charge in [-0.25, -0.2) is 0 Å². The molecule has 0 aliphatic rings. The third kappa shape index (κ3) is 7.37. The van der Waals surface area contributed by atoms with Gasteiger partial charge in [0.25, 0.3) is 0 Å². The smallest absolute Gasteiger partial charge is 0.242 e. The molecule has 1 N–H and O–H groups in total. The molecule has 2 aromatic rings. The van der Waals surface area contributed by atoms with E-state index in [4.69, 9.17) is 23.2 Å². The van der Waals surface area contributed by atoms with Crippen LogP contribution in [0.15, 0.2) is 48.5 Å². The fourth-order valence-electron chi connectivity index (χ4n) is 2.97. The number of nitrogens with one attached hydrogen (secondary N) is 1. The fraction of sp³-hybridized carbons (Fsp3) is 0.391. The van der Waals surface area contributed by atoms with E-state index in [1.807, 2.05) is 51.1 Å². The molecule has 0 spiro atoms. The van der Waals surface area contributed by atoms with E-state index in [9.17, 15) is 9.59 Å². The molecule has 1 atom stereocenters. The van der Waals surface area contributed by atoms with E-state index >= 15 is 0 Å². The average Bonchev–Trinajstić information content (AvgIpc) is 2.63. The van der Waals surface area contributed by atoms with Crippen molar-refractivity contribution < 1.29 is 9.59 Å². The zero-order valence-corrected chi connectivity index (χ0v) is 18.8. The minimum absolute atomic E-state index is 0.109. The van der Waals surface area contributed by atoms with Crippen molar-refractivity contribution in [1.29, 1.82) is 0 Å². The van der Waals surface area contributed by atoms with Gasteiger partial charge in [-0.1, -0.05) is 59.6 Å². The van der Waals surface area contributed by atoms with Crippen LogP contribution in [0.3, 0.4) is 0 Å². The summed E-state index contributed by atoms with van der Waals surface area (Å²) in [6.45, 7) is 7.95. The Morgan fingerprint density at radius 3 is 2.31 bits per heavy atom. The second-order valence-corrected chi connectivity index (χ2v) is 8.99. The molecule has 156 valence electrons. The van der Waals surface area contributed by atoms with Gasteiger partial charge in [0.15, 0.2) is 0 Å². The van der Waals surface area contributed by atoms with E-state index < -0.39 is 6.04 Å². The molecule has 2 rings (SSSR count). The molecule has 0 aliphatic carbocycles. The van der Waals surface area contributed by atoms with Crippen molar-refractivity contribution in [3.05, 3.63) is 69.7 Å². The third-order valence-electron chi connectivity index (χ3n) is 4.51. The zero-order chi connectivity index (χ0) is 21.6. The molecule has 0 saturated heterocycles. The van der Waals surface area contributed by atoms with Gasteiger partial charge in [0, 0.05) is 22.1 Å². The molecule has 2 aromatic carbocycles. The van der Waals surface area contributed by atoms with Crippen LogP contribution in [-0.2, 0) is 22.4 Å². The Balaban J connectivity index is 2.19. The van der Waals surface area contributed by atoms with Crippen molar-refractivity contribution in [3.63, 3.8) is 0 Å². The Bertz CT molecular complexity index is 848. The van der Waals surface area contributed by atoms with E-state index in [0.29, 0.717) is 28.6 Å². The molecular formula is C23H28Cl2N2O2. The second kappa shape index (κ2) is 10.1. The molecule has 0 bridgehead atoms. The Morgan fingerprint density at radius 2 is 1.72 bits per heavy atom. The quantitative estimate of drug-likeness (QED) is 0.672. The molecule has 29 heavy (non-hydrogen) atoms. The van der Waals surface area contributed by atoms with Gasteiger partial charge in [-0.2, -0.15) is 0 Å². The van der Waals surface area contributed by atoms with Crippen LogP contribution in [0, 0.1) is 0 Å². The first-order valence-corrected chi connectivity index (χ1v) is 10.4. The SMILES string of the molecule is C[C@@H](C(=O)NC(C)(C)C)N(CCc1ccccc1)C(=O)Cc1ccc(Cl)cc1Cl. The largest absolute Gasteiger partial charge is 0.350 e. The standard InChI is InChI=1S/C23H28Cl2N2O2/c1-16(22(29)26-23(2,3)4)27(13-12-17-8-6-5-7-9-17)21(28)14-18-10-11-19(24)15-20(18)25/h5-11,15-16H,12-14H2,1-4H3,(H,26,29)/t16-/m0/s1. The van der Waals surface area contributed by atoms with Gasteiger partial charge in [-0.15, -0.1) is 0 Å². The summed E-state index contributed by atoms with van der Waals surface area (Å²) in [6, 6.07) is 14.4. The highest BCUT2D eigenvalue weighted by atomic mass is 35.5. The first kappa shape index (κ1) is 23.2. The van der Waals surface area contributed by atoms with Crippen LogP contribution in [-0.4, -0.2) is 34.8 Å². The Morgan fingerprint density at radius 1 is 1.07 bits per heavy atom. The van der Waals surface area contributed by atoms with Gasteiger partial charge >= 0.3 is 0 Å². The molecule has 0 radical (unpaired) electrons. The van der Waals surface area contributed by atoms with Crippen molar-refractivity contribution in [2.24, 2.45) is 0 Å². The van der Waals surface area contributed by atoms with Gasteiger partial charge in [-0.05, 0) is 57.4 Å². The summed E-state index contributed by atoms with van der Waals surface area (Å²) in [5.41, 5.74) is 1.42. The molecule has 6 heteroatoms. The maximum absolute atomic E-state index is 13.1. The number of carbonyl (C=O) groups is 2. The van der Waals surface area contributed by atoms with E-state index in [1.54, 1.807) is 30.0 Å². The molecule has 0 saturated carbocycles. The third-order valence-corrected chi connectivity index (χ3v) is 5.09. The second-order valence-electron chi connectivity index (χ2n) is 8.15. The van der Waals surface area contributed by atoms with Crippen LogP contribution in [0.5, 0.6) is 0 Å². The van der Waals surface area contributed by atoms with E-state index in [-0.39, 0.29) is 23.8 Å². The summed E-state index contributed by atoms with van der Waals surface area (Å²) in [6.07, 6.45) is 0.770. The Kier molecular flexibility index (Phi) is 8.12. The van der Waals surface area contributed by atoms with Crippen LogP contribution >= 0.6 is 23.2 Å². The molecule has 2 amide bonds. The normalized spacial score (nSPS) is 12.3. The van der Waals surface area contributed by atoms with Gasteiger partial charge < -0.3 is 10.2 Å². The molecular weight excluding hydrogens is 407 g/mol. The highest BCUT2D eigenvalue weighted by molar-refractivity contribution is 6.35. The minimum atomic E-state index is -0.600. The van der Waals surface area contributed by atoms with Crippen LogP contribution in [0.25, 0.3) is 0 Å². The van der Waals surface area contributed by atoms with Gasteiger partial charge in [0.05, 0.1) is 6.42 Å². The highest BCUT2D eigenvalue weighted by Crippen LogP contribution is 2.22. The van der Waals surface area contributed by atoms with Crippen LogP contribution in [0.4, 0.5) is 0 Å². The van der Waals surface area contributed by atoms with Gasteiger partial charge in [-0.3, -0.25) is 9.59 Å². The first-order valence-electron chi connectivity index (χ1n) is 9.66. The molecule has 0 fully saturated rings. The van der Waals surface area contributed by atoms with Crippen LogP contribution in [0.1, 0.15) is 38.8 Å². The average molecular weight is 435 g/mol. The summed E-state index contributed by atoms with van der Waals surface area (Å²) in [5.74, 6) is -0.331. The monoisotopic (exact) mass is 434 g/mol. The van der Waals surface area contributed by atoms with Crippen LogP contribution in [0.2, 0.25) is 10.0 Å². The minimum Gasteiger partial charge on any atom is -0.350 e. The lowest BCUT2D eigenvalue weighted by molar-refractivity contribution is -0.140. The fourth-order valence-corrected chi connectivity index (χ4v) is 3.45. The number of nitrogens with zero attached hydrogens (tertiary/aromatic N) is 1. The van der Waals surface area contributed by atoms with Crippen molar-refractivity contribution in [2.75, 3.05) is 6.54 Å². The predicted molar refractivity (Wildman–Crippen MR) is 119 cm³/mol. The van der Waals surface area contributed by atoms with Gasteiger partial charge in [0.2, 0.25) is 11.8 Å². The summed E-state index contributed by atoms with van der Waals surface area (Å²) in [4.78, 5) is 27.5.